The van der Waals surface area contributed by atoms with Crippen LogP contribution in [-0.2, 0) is 6.54 Å². The van der Waals surface area contributed by atoms with Crippen LogP contribution in [-0.4, -0.2) is 28.4 Å². The fraction of sp³-hybridized carbons (Fsp3) is 0.105. The van der Waals surface area contributed by atoms with Crippen molar-refractivity contribution in [1.29, 1.82) is 0 Å². The summed E-state index contributed by atoms with van der Waals surface area (Å²) >= 11 is 0. The van der Waals surface area contributed by atoms with Crippen molar-refractivity contribution in [2.24, 2.45) is 0 Å². The highest BCUT2D eigenvalue weighted by atomic mass is 19.1. The first kappa shape index (κ1) is 16.6. The number of hydrogen-bond acceptors (Lipinski definition) is 5. The van der Waals surface area contributed by atoms with E-state index in [1.165, 1.54) is 24.4 Å². The molecule has 2 heterocycles. The van der Waals surface area contributed by atoms with E-state index in [1.54, 1.807) is 30.5 Å². The highest BCUT2D eigenvalue weighted by Crippen LogP contribution is 2.30. The van der Waals surface area contributed by atoms with Gasteiger partial charge in [0.2, 0.25) is 0 Å². The van der Waals surface area contributed by atoms with Crippen molar-refractivity contribution in [3.63, 3.8) is 0 Å². The van der Waals surface area contributed by atoms with Gasteiger partial charge >= 0.3 is 0 Å². The Morgan fingerprint density at radius 1 is 1.08 bits per heavy atom. The predicted octanol–water partition coefficient (Wildman–Crippen LogP) is 3.44. The van der Waals surface area contributed by atoms with E-state index in [1.807, 2.05) is 11.9 Å². The van der Waals surface area contributed by atoms with Crippen molar-refractivity contribution in [2.75, 3.05) is 11.9 Å². The highest BCUT2D eigenvalue weighted by molar-refractivity contribution is 5.82. The third kappa shape index (κ3) is 3.47. The molecular weight excluding hydrogens is 321 g/mol. The van der Waals surface area contributed by atoms with Crippen LogP contribution < -0.4 is 4.90 Å². The van der Waals surface area contributed by atoms with Gasteiger partial charge in [-0.3, -0.25) is 14.8 Å². The largest absolute Gasteiger partial charge is 0.506 e. The lowest BCUT2D eigenvalue weighted by Crippen LogP contribution is -2.18. The molecule has 3 aromatic rings. The predicted molar refractivity (Wildman–Crippen MR) is 93.0 cm³/mol. The van der Waals surface area contributed by atoms with Gasteiger partial charge in [0.15, 0.2) is 6.29 Å². The van der Waals surface area contributed by atoms with Crippen molar-refractivity contribution in [1.82, 2.24) is 9.97 Å². The van der Waals surface area contributed by atoms with E-state index < -0.39 is 0 Å². The number of aromatic nitrogens is 2. The van der Waals surface area contributed by atoms with Crippen molar-refractivity contribution in [3.8, 4) is 17.1 Å². The smallest absolute Gasteiger partial charge is 0.150 e. The molecule has 1 aromatic carbocycles. The lowest BCUT2D eigenvalue weighted by molar-refractivity contribution is 0.112. The van der Waals surface area contributed by atoms with Crippen LogP contribution in [0.2, 0.25) is 0 Å². The second kappa shape index (κ2) is 7.09. The molecule has 0 bridgehead atoms. The molecule has 0 unspecified atom stereocenters. The van der Waals surface area contributed by atoms with Crippen LogP contribution in [0.1, 0.15) is 15.9 Å². The van der Waals surface area contributed by atoms with Gasteiger partial charge in [0.05, 0.1) is 5.69 Å². The van der Waals surface area contributed by atoms with E-state index >= 15 is 0 Å². The average Bonchev–Trinajstić information content (AvgIpc) is 2.63. The number of hydrogen-bond donors (Lipinski definition) is 1. The molecule has 0 saturated carbocycles. The first-order valence-corrected chi connectivity index (χ1v) is 7.64. The van der Waals surface area contributed by atoms with Gasteiger partial charge in [-0.2, -0.15) is 0 Å². The number of rotatable bonds is 5. The number of anilines is 1. The van der Waals surface area contributed by atoms with Gasteiger partial charge < -0.3 is 10.0 Å². The van der Waals surface area contributed by atoms with Crippen LogP contribution in [0.4, 0.5) is 10.1 Å². The minimum atomic E-state index is -0.314. The van der Waals surface area contributed by atoms with Crippen LogP contribution in [0.25, 0.3) is 11.4 Å². The molecule has 0 aliphatic rings. The van der Waals surface area contributed by atoms with E-state index in [9.17, 15) is 14.3 Å². The molecule has 0 aliphatic carbocycles. The summed E-state index contributed by atoms with van der Waals surface area (Å²) in [7, 11) is 1.83. The monoisotopic (exact) mass is 337 g/mol. The minimum absolute atomic E-state index is 0.0104. The third-order valence-corrected chi connectivity index (χ3v) is 3.89. The van der Waals surface area contributed by atoms with Gasteiger partial charge in [0, 0.05) is 42.8 Å². The molecule has 1 N–H and O–H groups in total. The second-order valence-corrected chi connectivity index (χ2v) is 5.55. The van der Waals surface area contributed by atoms with Gasteiger partial charge in [-0.25, -0.2) is 4.39 Å². The molecule has 0 atom stereocenters. The van der Waals surface area contributed by atoms with Crippen molar-refractivity contribution < 1.29 is 14.3 Å². The van der Waals surface area contributed by atoms with E-state index in [0.29, 0.717) is 29.1 Å². The fourth-order valence-corrected chi connectivity index (χ4v) is 2.59. The lowest BCUT2D eigenvalue weighted by atomic mass is 10.0. The molecule has 0 aliphatic heterocycles. The molecule has 0 radical (unpaired) electrons. The van der Waals surface area contributed by atoms with Gasteiger partial charge in [0.1, 0.15) is 17.3 Å². The summed E-state index contributed by atoms with van der Waals surface area (Å²) in [4.78, 5) is 21.8. The SMILES string of the molecule is CN(Cc1c(C=O)ccnc1-c1ncccc1O)c1ccc(F)cc1. The summed E-state index contributed by atoms with van der Waals surface area (Å²) in [6.45, 7) is 0.346. The van der Waals surface area contributed by atoms with E-state index in [4.69, 9.17) is 0 Å². The number of benzene rings is 1. The summed E-state index contributed by atoms with van der Waals surface area (Å²) in [5.41, 5.74) is 2.64. The maximum Gasteiger partial charge on any atom is 0.150 e. The summed E-state index contributed by atoms with van der Waals surface area (Å²) < 4.78 is 13.1. The lowest BCUT2D eigenvalue weighted by Gasteiger charge is -2.22. The molecular formula is C19H16FN3O2. The van der Waals surface area contributed by atoms with Gasteiger partial charge in [-0.15, -0.1) is 0 Å². The van der Waals surface area contributed by atoms with Crippen LogP contribution in [0.15, 0.2) is 54.9 Å². The Balaban J connectivity index is 2.04. The molecule has 0 saturated heterocycles. The van der Waals surface area contributed by atoms with Crippen LogP contribution in [0.3, 0.4) is 0 Å². The number of carbonyl (C=O) groups excluding carboxylic acids is 1. The normalized spacial score (nSPS) is 10.5. The number of aromatic hydroxyl groups is 1. The Bertz CT molecular complexity index is 897. The summed E-state index contributed by atoms with van der Waals surface area (Å²) in [5, 5.41) is 10.1. The minimum Gasteiger partial charge on any atom is -0.506 e. The Kier molecular flexibility index (Phi) is 4.70. The standard InChI is InChI=1S/C19H16FN3O2/c1-23(15-6-4-14(20)5-7-15)11-16-13(12-24)8-10-22-18(16)19-17(25)3-2-9-21-19/h2-10,12,25H,11H2,1H3. The number of nitrogens with zero attached hydrogens (tertiary/aromatic N) is 3. The fourth-order valence-electron chi connectivity index (χ4n) is 2.59. The quantitative estimate of drug-likeness (QED) is 0.723. The van der Waals surface area contributed by atoms with Crippen molar-refractivity contribution in [3.05, 3.63) is 71.8 Å². The molecule has 3 rings (SSSR count). The number of aldehydes is 1. The molecule has 0 spiro atoms. The average molecular weight is 337 g/mol. The van der Waals surface area contributed by atoms with Crippen molar-refractivity contribution in [2.45, 2.75) is 6.54 Å². The van der Waals surface area contributed by atoms with E-state index in [0.717, 1.165) is 12.0 Å². The molecule has 126 valence electrons. The summed E-state index contributed by atoms with van der Waals surface area (Å²) in [5.74, 6) is -0.324. The second-order valence-electron chi connectivity index (χ2n) is 5.55. The van der Waals surface area contributed by atoms with Gasteiger partial charge in [-0.1, -0.05) is 0 Å². The zero-order valence-electron chi connectivity index (χ0n) is 13.6. The van der Waals surface area contributed by atoms with E-state index in [-0.39, 0.29) is 11.6 Å². The maximum absolute atomic E-state index is 13.1. The number of carbonyl (C=O) groups is 1. The van der Waals surface area contributed by atoms with Gasteiger partial charge in [-0.05, 0) is 42.5 Å². The molecule has 0 amide bonds. The Morgan fingerprint density at radius 2 is 1.80 bits per heavy atom. The molecule has 6 heteroatoms. The Labute approximate surface area is 144 Å². The Hall–Kier alpha value is -3.28. The highest BCUT2D eigenvalue weighted by Gasteiger charge is 2.17. The molecule has 25 heavy (non-hydrogen) atoms. The number of halogens is 1. The number of pyridine rings is 2. The van der Waals surface area contributed by atoms with Crippen LogP contribution in [0.5, 0.6) is 5.75 Å². The topological polar surface area (TPSA) is 66.3 Å². The molecule has 0 fully saturated rings. The zero-order chi connectivity index (χ0) is 17.8. The summed E-state index contributed by atoms with van der Waals surface area (Å²) in [6.07, 6.45) is 3.81. The third-order valence-electron chi connectivity index (χ3n) is 3.89. The molecule has 2 aromatic heterocycles. The van der Waals surface area contributed by atoms with E-state index in [2.05, 4.69) is 9.97 Å². The van der Waals surface area contributed by atoms with Gasteiger partial charge in [0.25, 0.3) is 0 Å². The molecule has 5 nitrogen and oxygen atoms in total. The zero-order valence-corrected chi connectivity index (χ0v) is 13.6. The van der Waals surface area contributed by atoms with Crippen molar-refractivity contribution >= 4 is 12.0 Å². The summed E-state index contributed by atoms with van der Waals surface area (Å²) in [6, 6.07) is 10.8. The first-order chi connectivity index (χ1) is 12.1. The maximum atomic E-state index is 13.1. The first-order valence-electron chi connectivity index (χ1n) is 7.64. The van der Waals surface area contributed by atoms with Crippen LogP contribution in [0, 0.1) is 5.82 Å². The van der Waals surface area contributed by atoms with Crippen LogP contribution >= 0.6 is 0 Å². The Morgan fingerprint density at radius 3 is 2.48 bits per heavy atom.